The fourth-order valence-electron chi connectivity index (χ4n) is 2.38. The summed E-state index contributed by atoms with van der Waals surface area (Å²) in [5.74, 6) is -0.739. The minimum atomic E-state index is -0.467. The minimum Gasteiger partial charge on any atom is -0.465 e. The van der Waals surface area contributed by atoms with Gasteiger partial charge in [0.2, 0.25) is 0 Å². The highest BCUT2D eigenvalue weighted by Gasteiger charge is 2.11. The standard InChI is InChI=1S/C19H15NO3/c1-23-19(22)16-8-4-7-15(11-16)18(21)20-17-10-9-13-5-2-3-6-14(13)12-17/h2-12H,1H3,(H,20,21). The minimum absolute atomic E-state index is 0.272. The van der Waals surface area contributed by atoms with Gasteiger partial charge in [-0.15, -0.1) is 0 Å². The van der Waals surface area contributed by atoms with Gasteiger partial charge in [0.25, 0.3) is 5.91 Å². The van der Waals surface area contributed by atoms with Gasteiger partial charge in [0.1, 0.15) is 0 Å². The van der Waals surface area contributed by atoms with Crippen LogP contribution in [0.2, 0.25) is 0 Å². The Hall–Kier alpha value is -3.14. The van der Waals surface area contributed by atoms with Crippen LogP contribution in [0.5, 0.6) is 0 Å². The molecule has 0 aliphatic carbocycles. The molecule has 0 fully saturated rings. The van der Waals surface area contributed by atoms with Gasteiger partial charge >= 0.3 is 5.97 Å². The molecule has 0 saturated heterocycles. The normalized spacial score (nSPS) is 10.3. The van der Waals surface area contributed by atoms with Crippen molar-refractivity contribution in [1.82, 2.24) is 0 Å². The van der Waals surface area contributed by atoms with E-state index in [-0.39, 0.29) is 5.91 Å². The third kappa shape index (κ3) is 3.21. The molecule has 0 aliphatic rings. The van der Waals surface area contributed by atoms with E-state index >= 15 is 0 Å². The Morgan fingerprint density at radius 1 is 0.826 bits per heavy atom. The quantitative estimate of drug-likeness (QED) is 0.747. The average Bonchev–Trinajstić information content (AvgIpc) is 2.61. The number of hydrogen-bond acceptors (Lipinski definition) is 3. The van der Waals surface area contributed by atoms with E-state index in [4.69, 9.17) is 0 Å². The zero-order valence-corrected chi connectivity index (χ0v) is 12.6. The van der Waals surface area contributed by atoms with Crippen molar-refractivity contribution in [1.29, 1.82) is 0 Å². The molecule has 23 heavy (non-hydrogen) atoms. The summed E-state index contributed by atoms with van der Waals surface area (Å²) in [4.78, 5) is 23.9. The smallest absolute Gasteiger partial charge is 0.337 e. The number of ether oxygens (including phenoxy) is 1. The van der Waals surface area contributed by atoms with E-state index in [9.17, 15) is 9.59 Å². The van der Waals surface area contributed by atoms with Crippen LogP contribution in [0.3, 0.4) is 0 Å². The van der Waals surface area contributed by atoms with Crippen molar-refractivity contribution >= 4 is 28.3 Å². The largest absolute Gasteiger partial charge is 0.465 e. The van der Waals surface area contributed by atoms with Crippen molar-refractivity contribution in [2.45, 2.75) is 0 Å². The molecular formula is C19H15NO3. The zero-order valence-electron chi connectivity index (χ0n) is 12.6. The van der Waals surface area contributed by atoms with Crippen molar-refractivity contribution < 1.29 is 14.3 Å². The van der Waals surface area contributed by atoms with Gasteiger partial charge in [-0.25, -0.2) is 4.79 Å². The van der Waals surface area contributed by atoms with Crippen LogP contribution in [0, 0.1) is 0 Å². The van der Waals surface area contributed by atoms with Crippen LogP contribution in [-0.2, 0) is 4.74 Å². The summed E-state index contributed by atoms with van der Waals surface area (Å²) in [6.45, 7) is 0. The molecule has 0 saturated carbocycles. The number of hydrogen-bond donors (Lipinski definition) is 1. The van der Waals surface area contributed by atoms with E-state index in [0.29, 0.717) is 16.8 Å². The van der Waals surface area contributed by atoms with E-state index in [1.54, 1.807) is 18.2 Å². The number of nitrogens with one attached hydrogen (secondary N) is 1. The summed E-state index contributed by atoms with van der Waals surface area (Å²) in [5.41, 5.74) is 1.46. The van der Waals surface area contributed by atoms with E-state index in [1.165, 1.54) is 13.2 Å². The van der Waals surface area contributed by atoms with Crippen LogP contribution in [0.1, 0.15) is 20.7 Å². The van der Waals surface area contributed by atoms with Gasteiger partial charge < -0.3 is 10.1 Å². The van der Waals surface area contributed by atoms with Gasteiger partial charge in [0, 0.05) is 11.3 Å². The number of benzene rings is 3. The van der Waals surface area contributed by atoms with E-state index in [2.05, 4.69) is 10.1 Å². The molecule has 0 heterocycles. The van der Waals surface area contributed by atoms with Crippen molar-refractivity contribution in [3.05, 3.63) is 77.9 Å². The highest BCUT2D eigenvalue weighted by atomic mass is 16.5. The van der Waals surface area contributed by atoms with Gasteiger partial charge in [0.15, 0.2) is 0 Å². The van der Waals surface area contributed by atoms with Crippen molar-refractivity contribution in [2.75, 3.05) is 12.4 Å². The molecule has 0 unspecified atom stereocenters. The molecule has 0 radical (unpaired) electrons. The second kappa shape index (κ2) is 6.32. The summed E-state index contributed by atoms with van der Waals surface area (Å²) in [6, 6.07) is 20.1. The lowest BCUT2D eigenvalue weighted by Gasteiger charge is -2.07. The molecule has 0 aromatic heterocycles. The van der Waals surface area contributed by atoms with Crippen molar-refractivity contribution in [3.63, 3.8) is 0 Å². The fraction of sp³-hybridized carbons (Fsp3) is 0.0526. The number of anilines is 1. The number of fused-ring (bicyclic) bond motifs is 1. The van der Waals surface area contributed by atoms with Crippen molar-refractivity contribution in [2.24, 2.45) is 0 Å². The molecule has 3 aromatic carbocycles. The lowest BCUT2D eigenvalue weighted by molar-refractivity contribution is 0.0600. The fourth-order valence-corrected chi connectivity index (χ4v) is 2.38. The Kier molecular flexibility index (Phi) is 4.06. The Morgan fingerprint density at radius 3 is 2.35 bits per heavy atom. The number of esters is 1. The summed E-state index contributed by atoms with van der Waals surface area (Å²) in [5, 5.41) is 5.00. The number of rotatable bonds is 3. The Morgan fingerprint density at radius 2 is 1.57 bits per heavy atom. The topological polar surface area (TPSA) is 55.4 Å². The maximum absolute atomic E-state index is 12.4. The van der Waals surface area contributed by atoms with E-state index < -0.39 is 5.97 Å². The highest BCUT2D eigenvalue weighted by molar-refractivity contribution is 6.06. The Labute approximate surface area is 133 Å². The van der Waals surface area contributed by atoms with Gasteiger partial charge in [-0.05, 0) is 41.1 Å². The van der Waals surface area contributed by atoms with Crippen molar-refractivity contribution in [3.8, 4) is 0 Å². The molecule has 1 amide bonds. The maximum atomic E-state index is 12.4. The van der Waals surface area contributed by atoms with Gasteiger partial charge in [-0.1, -0.05) is 36.4 Å². The number of amides is 1. The highest BCUT2D eigenvalue weighted by Crippen LogP contribution is 2.19. The Bertz CT molecular complexity index is 886. The molecule has 114 valence electrons. The summed E-state index contributed by atoms with van der Waals surface area (Å²) >= 11 is 0. The third-order valence-corrected chi connectivity index (χ3v) is 3.55. The molecule has 0 bridgehead atoms. The summed E-state index contributed by atoms with van der Waals surface area (Å²) in [7, 11) is 1.31. The monoisotopic (exact) mass is 305 g/mol. The first-order chi connectivity index (χ1) is 11.2. The Balaban J connectivity index is 1.84. The van der Waals surface area contributed by atoms with Gasteiger partial charge in [0.05, 0.1) is 12.7 Å². The first kappa shape index (κ1) is 14.8. The SMILES string of the molecule is COC(=O)c1cccc(C(=O)Nc2ccc3ccccc3c2)c1. The van der Waals surface area contributed by atoms with Crippen LogP contribution in [-0.4, -0.2) is 19.0 Å². The van der Waals surface area contributed by atoms with Crippen LogP contribution in [0.25, 0.3) is 10.8 Å². The molecular weight excluding hydrogens is 290 g/mol. The number of carbonyl (C=O) groups excluding carboxylic acids is 2. The first-order valence-corrected chi connectivity index (χ1v) is 7.16. The van der Waals surface area contributed by atoms with E-state index in [1.807, 2.05) is 42.5 Å². The molecule has 0 atom stereocenters. The average molecular weight is 305 g/mol. The van der Waals surface area contributed by atoms with Crippen LogP contribution in [0.4, 0.5) is 5.69 Å². The molecule has 3 aromatic rings. The number of carbonyl (C=O) groups is 2. The van der Waals surface area contributed by atoms with Gasteiger partial charge in [-0.3, -0.25) is 4.79 Å². The lowest BCUT2D eigenvalue weighted by atomic mass is 10.1. The molecule has 0 aliphatic heterocycles. The van der Waals surface area contributed by atoms with E-state index in [0.717, 1.165) is 10.8 Å². The molecule has 0 spiro atoms. The molecule has 4 nitrogen and oxygen atoms in total. The second-order valence-corrected chi connectivity index (χ2v) is 5.09. The first-order valence-electron chi connectivity index (χ1n) is 7.16. The summed E-state index contributed by atoms with van der Waals surface area (Å²) in [6.07, 6.45) is 0. The zero-order chi connectivity index (χ0) is 16.2. The van der Waals surface area contributed by atoms with Crippen LogP contribution < -0.4 is 5.32 Å². The third-order valence-electron chi connectivity index (χ3n) is 3.55. The maximum Gasteiger partial charge on any atom is 0.337 e. The lowest BCUT2D eigenvalue weighted by Crippen LogP contribution is -2.13. The second-order valence-electron chi connectivity index (χ2n) is 5.09. The number of methoxy groups -OCH3 is 1. The molecule has 4 heteroatoms. The summed E-state index contributed by atoms with van der Waals surface area (Å²) < 4.78 is 4.67. The van der Waals surface area contributed by atoms with Crippen LogP contribution >= 0.6 is 0 Å². The van der Waals surface area contributed by atoms with Gasteiger partial charge in [-0.2, -0.15) is 0 Å². The predicted molar refractivity (Wildman–Crippen MR) is 89.7 cm³/mol. The molecule has 1 N–H and O–H groups in total. The predicted octanol–water partition coefficient (Wildman–Crippen LogP) is 3.88. The van der Waals surface area contributed by atoms with Crippen LogP contribution in [0.15, 0.2) is 66.7 Å². The molecule has 3 rings (SSSR count).